The van der Waals surface area contributed by atoms with Crippen molar-refractivity contribution in [3.8, 4) is 11.1 Å². The standard InChI is InChI=1S/C55H37N/c1-2-15-41(16-3-1)56-54(33-23-36-22-27-44-40(34-36)26-29-48-42-17-7-4-12-37(42)24-28-49(44)48)50-31-32-51(47-21-11-10-20-46(47)50)55-45-19-9-6-14-39(45)35-53-43-18-8-5-13-38(43)25-30-52(53)55/h1-22,24-35,56H,23H2/b54-33-. The van der Waals surface area contributed by atoms with E-state index < -0.39 is 0 Å². The largest absolute Gasteiger partial charge is 0.355 e. The SMILES string of the molecule is C(/Cc1ccc2c(ccc3c4ccccc4ccc23)c1)=C(/Nc1ccccc1)c1ccc(-c2c3ccccc3cc3c2ccc2ccccc23)c2ccccc12. The smallest absolute Gasteiger partial charge is 0.0426 e. The lowest BCUT2D eigenvalue weighted by Crippen LogP contribution is -2.01. The topological polar surface area (TPSA) is 12.0 Å². The summed E-state index contributed by atoms with van der Waals surface area (Å²) in [4.78, 5) is 0. The number of fused-ring (bicyclic) bond motifs is 10. The number of benzene rings is 11. The van der Waals surface area contributed by atoms with Crippen LogP contribution >= 0.6 is 0 Å². The molecule has 0 bridgehead atoms. The average molecular weight is 712 g/mol. The fourth-order valence-electron chi connectivity index (χ4n) is 8.99. The molecule has 11 aromatic rings. The van der Waals surface area contributed by atoms with E-state index in [1.165, 1.54) is 97.7 Å². The summed E-state index contributed by atoms with van der Waals surface area (Å²) in [6.45, 7) is 0. The van der Waals surface area contributed by atoms with Crippen molar-refractivity contribution in [3.05, 3.63) is 217 Å². The Morgan fingerprint density at radius 1 is 0.357 bits per heavy atom. The van der Waals surface area contributed by atoms with E-state index in [9.17, 15) is 0 Å². The van der Waals surface area contributed by atoms with Gasteiger partial charge in [-0.15, -0.1) is 0 Å². The van der Waals surface area contributed by atoms with Gasteiger partial charge in [-0.05, 0) is 117 Å². The van der Waals surface area contributed by atoms with Gasteiger partial charge in [-0.1, -0.05) is 188 Å². The summed E-state index contributed by atoms with van der Waals surface area (Å²) in [6.07, 6.45) is 3.15. The van der Waals surface area contributed by atoms with Gasteiger partial charge in [0.1, 0.15) is 0 Å². The molecule has 1 heteroatoms. The highest BCUT2D eigenvalue weighted by Crippen LogP contribution is 2.43. The molecule has 0 amide bonds. The average Bonchev–Trinajstić information content (AvgIpc) is 3.26. The van der Waals surface area contributed by atoms with Crippen molar-refractivity contribution in [1.29, 1.82) is 0 Å². The molecule has 0 aliphatic rings. The monoisotopic (exact) mass is 711 g/mol. The molecule has 262 valence electrons. The Morgan fingerprint density at radius 3 is 1.64 bits per heavy atom. The first-order valence-electron chi connectivity index (χ1n) is 19.5. The van der Waals surface area contributed by atoms with Gasteiger partial charge in [0.05, 0.1) is 0 Å². The molecule has 0 atom stereocenters. The second-order valence-corrected chi connectivity index (χ2v) is 14.9. The third-order valence-electron chi connectivity index (χ3n) is 11.7. The third kappa shape index (κ3) is 5.40. The van der Waals surface area contributed by atoms with Crippen LogP contribution in [0.2, 0.25) is 0 Å². The van der Waals surface area contributed by atoms with Gasteiger partial charge in [0.2, 0.25) is 0 Å². The Labute approximate surface area is 325 Å². The zero-order chi connectivity index (χ0) is 37.0. The van der Waals surface area contributed by atoms with Gasteiger partial charge in [0.25, 0.3) is 0 Å². The van der Waals surface area contributed by atoms with E-state index >= 15 is 0 Å². The zero-order valence-corrected chi connectivity index (χ0v) is 30.8. The molecule has 56 heavy (non-hydrogen) atoms. The summed E-state index contributed by atoms with van der Waals surface area (Å²) < 4.78 is 0. The highest BCUT2D eigenvalue weighted by atomic mass is 14.9. The van der Waals surface area contributed by atoms with Gasteiger partial charge in [-0.25, -0.2) is 0 Å². The van der Waals surface area contributed by atoms with Crippen LogP contribution in [0.4, 0.5) is 5.69 Å². The second kappa shape index (κ2) is 13.3. The summed E-state index contributed by atoms with van der Waals surface area (Å²) in [6, 6.07) is 73.4. The molecule has 0 spiro atoms. The quantitative estimate of drug-likeness (QED) is 0.134. The number of allylic oxidation sites excluding steroid dienone is 1. The van der Waals surface area contributed by atoms with E-state index in [4.69, 9.17) is 0 Å². The maximum absolute atomic E-state index is 3.84. The van der Waals surface area contributed by atoms with Crippen molar-refractivity contribution < 1.29 is 0 Å². The van der Waals surface area contributed by atoms with Crippen LogP contribution in [0.1, 0.15) is 11.1 Å². The third-order valence-corrected chi connectivity index (χ3v) is 11.7. The van der Waals surface area contributed by atoms with Crippen LogP contribution in [0.15, 0.2) is 206 Å². The van der Waals surface area contributed by atoms with Gasteiger partial charge in [-0.3, -0.25) is 0 Å². The molecule has 0 fully saturated rings. The van der Waals surface area contributed by atoms with Crippen molar-refractivity contribution in [1.82, 2.24) is 0 Å². The molecule has 0 heterocycles. The van der Waals surface area contributed by atoms with E-state index in [2.05, 4.69) is 212 Å². The lowest BCUT2D eigenvalue weighted by atomic mass is 9.86. The molecule has 11 rings (SSSR count). The van der Waals surface area contributed by atoms with Crippen molar-refractivity contribution >= 4 is 86.8 Å². The number of hydrogen-bond acceptors (Lipinski definition) is 1. The summed E-state index contributed by atoms with van der Waals surface area (Å²) in [7, 11) is 0. The molecule has 1 N–H and O–H groups in total. The minimum absolute atomic E-state index is 0.790. The number of rotatable bonds is 6. The number of para-hydroxylation sites is 1. The van der Waals surface area contributed by atoms with Crippen LogP contribution in [0.5, 0.6) is 0 Å². The van der Waals surface area contributed by atoms with Gasteiger partial charge in [0.15, 0.2) is 0 Å². The van der Waals surface area contributed by atoms with Crippen LogP contribution in [0.25, 0.3) is 92.2 Å². The molecule has 0 unspecified atom stereocenters. The molecule has 0 aliphatic carbocycles. The normalized spacial score (nSPS) is 12.1. The van der Waals surface area contributed by atoms with Gasteiger partial charge < -0.3 is 5.32 Å². The minimum atomic E-state index is 0.790. The second-order valence-electron chi connectivity index (χ2n) is 14.9. The number of nitrogens with one attached hydrogen (secondary N) is 1. The van der Waals surface area contributed by atoms with Crippen LogP contribution in [-0.4, -0.2) is 0 Å². The fourth-order valence-corrected chi connectivity index (χ4v) is 8.99. The van der Waals surface area contributed by atoms with Gasteiger partial charge in [0, 0.05) is 16.9 Å². The van der Waals surface area contributed by atoms with Crippen molar-refractivity contribution in [2.75, 3.05) is 5.32 Å². The highest BCUT2D eigenvalue weighted by molar-refractivity contribution is 6.23. The van der Waals surface area contributed by atoms with E-state index in [1.807, 2.05) is 0 Å². The first-order chi connectivity index (χ1) is 27.8. The fraction of sp³-hybridized carbons (Fsp3) is 0.0182. The van der Waals surface area contributed by atoms with Crippen LogP contribution < -0.4 is 5.32 Å². The van der Waals surface area contributed by atoms with E-state index in [1.54, 1.807) is 0 Å². The molecule has 11 aromatic carbocycles. The van der Waals surface area contributed by atoms with Crippen LogP contribution in [-0.2, 0) is 6.42 Å². The molecular weight excluding hydrogens is 675 g/mol. The maximum Gasteiger partial charge on any atom is 0.0426 e. The molecule has 1 nitrogen and oxygen atoms in total. The minimum Gasteiger partial charge on any atom is -0.355 e. The maximum atomic E-state index is 3.84. The van der Waals surface area contributed by atoms with Gasteiger partial charge in [-0.2, -0.15) is 0 Å². The first kappa shape index (κ1) is 32.2. The lowest BCUT2D eigenvalue weighted by molar-refractivity contribution is 1.28. The highest BCUT2D eigenvalue weighted by Gasteiger charge is 2.17. The summed E-state index contributed by atoms with van der Waals surface area (Å²) in [5, 5.41) is 21.7. The Kier molecular flexibility index (Phi) is 7.64. The van der Waals surface area contributed by atoms with Crippen LogP contribution in [0, 0.1) is 0 Å². The van der Waals surface area contributed by atoms with Crippen molar-refractivity contribution in [2.45, 2.75) is 6.42 Å². The number of anilines is 1. The molecule has 0 saturated heterocycles. The summed E-state index contributed by atoms with van der Waals surface area (Å²) in [5.41, 5.74) is 7.15. The first-order valence-corrected chi connectivity index (χ1v) is 19.5. The molecular formula is C55H37N. The predicted molar refractivity (Wildman–Crippen MR) is 243 cm³/mol. The zero-order valence-electron chi connectivity index (χ0n) is 30.8. The molecule has 0 radical (unpaired) electrons. The Hall–Kier alpha value is -7.22. The van der Waals surface area contributed by atoms with Gasteiger partial charge >= 0.3 is 0 Å². The van der Waals surface area contributed by atoms with Crippen molar-refractivity contribution in [3.63, 3.8) is 0 Å². The Balaban J connectivity index is 1.06. The predicted octanol–water partition coefficient (Wildman–Crippen LogP) is 15.1. The van der Waals surface area contributed by atoms with Crippen LogP contribution in [0.3, 0.4) is 0 Å². The van der Waals surface area contributed by atoms with E-state index in [-0.39, 0.29) is 0 Å². The number of hydrogen-bond donors (Lipinski definition) is 1. The Morgan fingerprint density at radius 2 is 0.893 bits per heavy atom. The molecule has 0 saturated carbocycles. The van der Waals surface area contributed by atoms with E-state index in [0.29, 0.717) is 0 Å². The van der Waals surface area contributed by atoms with E-state index in [0.717, 1.165) is 17.8 Å². The summed E-state index contributed by atoms with van der Waals surface area (Å²) >= 11 is 0. The summed E-state index contributed by atoms with van der Waals surface area (Å²) in [5.74, 6) is 0. The molecule has 0 aliphatic heterocycles. The van der Waals surface area contributed by atoms with Crippen molar-refractivity contribution in [2.24, 2.45) is 0 Å². The lowest BCUT2D eigenvalue weighted by Gasteiger charge is -2.19. The Bertz CT molecular complexity index is 3350. The molecule has 0 aromatic heterocycles.